The standard InChI is InChI=1S/C30H32N6O/c1-22(2)35-15-13-34(14-16-35)21-25-8-7-24(17-23(25)3)18-29(37)28-6-4-5-26(33-28)9-10-27-19-32-30-20-31-11-12-36(27)30/h4-8,11-12,17,19-20,22H,13-16,18,21H2,1-3H3. The molecule has 1 aliphatic rings. The Morgan fingerprint density at radius 1 is 1.05 bits per heavy atom. The van der Waals surface area contributed by atoms with Crippen molar-refractivity contribution < 1.29 is 4.79 Å². The molecular weight excluding hydrogens is 460 g/mol. The second-order valence-corrected chi connectivity index (χ2v) is 9.87. The van der Waals surface area contributed by atoms with Gasteiger partial charge in [0.15, 0.2) is 11.4 Å². The summed E-state index contributed by atoms with van der Waals surface area (Å²) >= 11 is 0. The van der Waals surface area contributed by atoms with Gasteiger partial charge in [0.25, 0.3) is 0 Å². The molecule has 0 bridgehead atoms. The van der Waals surface area contributed by atoms with Gasteiger partial charge in [-0.1, -0.05) is 24.3 Å². The molecule has 0 atom stereocenters. The van der Waals surface area contributed by atoms with E-state index in [1.54, 1.807) is 24.7 Å². The monoisotopic (exact) mass is 492 g/mol. The van der Waals surface area contributed by atoms with Crippen molar-refractivity contribution in [2.45, 2.75) is 39.8 Å². The lowest BCUT2D eigenvalue weighted by Crippen LogP contribution is -2.48. The third kappa shape index (κ3) is 5.93. The Balaban J connectivity index is 1.23. The number of rotatable bonds is 6. The minimum Gasteiger partial charge on any atom is -0.298 e. The molecule has 5 rings (SSSR count). The Morgan fingerprint density at radius 2 is 1.89 bits per heavy atom. The van der Waals surface area contributed by atoms with Gasteiger partial charge in [0, 0.05) is 57.6 Å². The Labute approximate surface area is 218 Å². The van der Waals surface area contributed by atoms with Gasteiger partial charge in [0.2, 0.25) is 0 Å². The molecule has 3 aromatic heterocycles. The second kappa shape index (κ2) is 11.0. The van der Waals surface area contributed by atoms with E-state index in [0.29, 0.717) is 23.9 Å². The van der Waals surface area contributed by atoms with Crippen LogP contribution in [-0.4, -0.2) is 67.2 Å². The third-order valence-electron chi connectivity index (χ3n) is 6.97. The van der Waals surface area contributed by atoms with Crippen LogP contribution in [0.1, 0.15) is 52.4 Å². The first kappa shape index (κ1) is 24.8. The van der Waals surface area contributed by atoms with Crippen LogP contribution in [0.4, 0.5) is 0 Å². The van der Waals surface area contributed by atoms with Gasteiger partial charge < -0.3 is 0 Å². The van der Waals surface area contributed by atoms with Gasteiger partial charge in [-0.25, -0.2) is 9.97 Å². The van der Waals surface area contributed by atoms with Gasteiger partial charge in [0.05, 0.1) is 12.4 Å². The molecule has 0 radical (unpaired) electrons. The zero-order valence-electron chi connectivity index (χ0n) is 21.7. The number of carbonyl (C=O) groups excluding carboxylic acids is 1. The SMILES string of the molecule is Cc1cc(CC(=O)c2cccc(C#Cc3cnc4cnccn34)n2)ccc1CN1CCN(C(C)C)CC1. The van der Waals surface area contributed by atoms with E-state index in [4.69, 9.17) is 0 Å². The van der Waals surface area contributed by atoms with Crippen LogP contribution < -0.4 is 0 Å². The first-order chi connectivity index (χ1) is 18.0. The number of ketones is 1. The number of hydrogen-bond acceptors (Lipinski definition) is 6. The predicted molar refractivity (Wildman–Crippen MR) is 144 cm³/mol. The second-order valence-electron chi connectivity index (χ2n) is 9.87. The molecule has 188 valence electrons. The number of piperazine rings is 1. The quantitative estimate of drug-likeness (QED) is 0.301. The molecule has 0 unspecified atom stereocenters. The average Bonchev–Trinajstić information content (AvgIpc) is 3.32. The van der Waals surface area contributed by atoms with Crippen molar-refractivity contribution in [1.29, 1.82) is 0 Å². The summed E-state index contributed by atoms with van der Waals surface area (Å²) in [5.74, 6) is 6.14. The summed E-state index contributed by atoms with van der Waals surface area (Å²) in [4.78, 5) is 31.0. The van der Waals surface area contributed by atoms with Gasteiger partial charge in [-0.05, 0) is 61.4 Å². The van der Waals surface area contributed by atoms with E-state index in [9.17, 15) is 4.79 Å². The molecule has 7 heteroatoms. The maximum Gasteiger partial charge on any atom is 0.185 e. The lowest BCUT2D eigenvalue weighted by molar-refractivity contribution is 0.0988. The number of aryl methyl sites for hydroxylation is 1. The Bertz CT molecular complexity index is 1470. The van der Waals surface area contributed by atoms with E-state index in [-0.39, 0.29) is 5.78 Å². The predicted octanol–water partition coefficient (Wildman–Crippen LogP) is 3.78. The van der Waals surface area contributed by atoms with Gasteiger partial charge in [0.1, 0.15) is 17.1 Å². The summed E-state index contributed by atoms with van der Waals surface area (Å²) in [6, 6.07) is 12.4. The zero-order valence-corrected chi connectivity index (χ0v) is 21.7. The minimum atomic E-state index is -0.0125. The Kier molecular flexibility index (Phi) is 7.40. The molecule has 7 nitrogen and oxygen atoms in total. The van der Waals surface area contributed by atoms with Gasteiger partial charge in [-0.15, -0.1) is 0 Å². The highest BCUT2D eigenvalue weighted by atomic mass is 16.1. The van der Waals surface area contributed by atoms with Crippen molar-refractivity contribution in [1.82, 2.24) is 29.2 Å². The molecule has 4 heterocycles. The average molecular weight is 493 g/mol. The van der Waals surface area contributed by atoms with Crippen LogP contribution in [0.2, 0.25) is 0 Å². The topological polar surface area (TPSA) is 66.6 Å². The molecule has 1 fully saturated rings. The van der Waals surface area contributed by atoms with Gasteiger partial charge >= 0.3 is 0 Å². The number of imidazole rings is 1. The van der Waals surface area contributed by atoms with Crippen molar-refractivity contribution in [2.24, 2.45) is 0 Å². The van der Waals surface area contributed by atoms with E-state index >= 15 is 0 Å². The molecule has 0 spiro atoms. The summed E-state index contributed by atoms with van der Waals surface area (Å²) in [7, 11) is 0. The van der Waals surface area contributed by atoms with Crippen molar-refractivity contribution in [3.8, 4) is 11.8 Å². The van der Waals surface area contributed by atoms with E-state index in [1.165, 1.54) is 11.1 Å². The Morgan fingerprint density at radius 3 is 2.68 bits per heavy atom. The zero-order chi connectivity index (χ0) is 25.8. The molecule has 0 N–H and O–H groups in total. The molecule has 4 aromatic rings. The molecule has 37 heavy (non-hydrogen) atoms. The summed E-state index contributed by atoms with van der Waals surface area (Å²) < 4.78 is 1.87. The molecule has 1 aliphatic heterocycles. The van der Waals surface area contributed by atoms with Crippen LogP contribution in [0.15, 0.2) is 61.2 Å². The highest BCUT2D eigenvalue weighted by molar-refractivity contribution is 5.95. The van der Waals surface area contributed by atoms with E-state index in [0.717, 1.165) is 49.6 Å². The molecule has 1 saturated heterocycles. The number of fused-ring (bicyclic) bond motifs is 1. The maximum atomic E-state index is 13.0. The molecule has 0 saturated carbocycles. The Hall–Kier alpha value is -3.86. The van der Waals surface area contributed by atoms with Crippen LogP contribution in [-0.2, 0) is 13.0 Å². The fourth-order valence-electron chi connectivity index (χ4n) is 4.72. The minimum absolute atomic E-state index is 0.0125. The van der Waals surface area contributed by atoms with Crippen LogP contribution in [0, 0.1) is 18.8 Å². The maximum absolute atomic E-state index is 13.0. The van der Waals surface area contributed by atoms with Crippen LogP contribution in [0.25, 0.3) is 5.65 Å². The normalized spacial score (nSPS) is 14.6. The number of hydrogen-bond donors (Lipinski definition) is 0. The van der Waals surface area contributed by atoms with E-state index in [1.807, 2.05) is 22.7 Å². The molecule has 1 aromatic carbocycles. The molecular formula is C30H32N6O. The van der Waals surface area contributed by atoms with Gasteiger partial charge in [-0.3, -0.25) is 24.0 Å². The fourth-order valence-corrected chi connectivity index (χ4v) is 4.72. The number of carbonyl (C=O) groups is 1. The fraction of sp³-hybridized carbons (Fsp3) is 0.333. The van der Waals surface area contributed by atoms with Crippen LogP contribution >= 0.6 is 0 Å². The highest BCUT2D eigenvalue weighted by Crippen LogP contribution is 2.17. The summed E-state index contributed by atoms with van der Waals surface area (Å²) in [5.41, 5.74) is 6.03. The van der Waals surface area contributed by atoms with Crippen molar-refractivity contribution in [2.75, 3.05) is 26.2 Å². The van der Waals surface area contributed by atoms with Crippen molar-refractivity contribution in [3.05, 3.63) is 95.0 Å². The summed E-state index contributed by atoms with van der Waals surface area (Å²) in [6.45, 7) is 12.1. The van der Waals surface area contributed by atoms with Gasteiger partial charge in [-0.2, -0.15) is 0 Å². The van der Waals surface area contributed by atoms with Crippen molar-refractivity contribution in [3.63, 3.8) is 0 Å². The number of benzene rings is 1. The number of Topliss-reactive ketones (excluding diaryl/α,β-unsaturated/α-hetero) is 1. The number of aromatic nitrogens is 4. The largest absolute Gasteiger partial charge is 0.298 e. The van der Waals surface area contributed by atoms with Crippen LogP contribution in [0.5, 0.6) is 0 Å². The number of nitrogens with zero attached hydrogens (tertiary/aromatic N) is 6. The first-order valence-electron chi connectivity index (χ1n) is 12.8. The van der Waals surface area contributed by atoms with Crippen molar-refractivity contribution >= 4 is 11.4 Å². The molecule has 0 aliphatic carbocycles. The lowest BCUT2D eigenvalue weighted by Gasteiger charge is -2.37. The number of pyridine rings is 1. The van der Waals surface area contributed by atoms with Crippen LogP contribution in [0.3, 0.4) is 0 Å². The summed E-state index contributed by atoms with van der Waals surface area (Å²) in [5, 5.41) is 0. The lowest BCUT2D eigenvalue weighted by atomic mass is 10.00. The highest BCUT2D eigenvalue weighted by Gasteiger charge is 2.19. The van der Waals surface area contributed by atoms with E-state index in [2.05, 4.69) is 75.6 Å². The summed E-state index contributed by atoms with van der Waals surface area (Å²) in [6.07, 6.45) is 7.22. The smallest absolute Gasteiger partial charge is 0.185 e. The first-order valence-corrected chi connectivity index (χ1v) is 12.8. The third-order valence-corrected chi connectivity index (χ3v) is 6.97. The van der Waals surface area contributed by atoms with E-state index < -0.39 is 0 Å². The molecule has 0 amide bonds.